The molecule has 13 heavy (non-hydrogen) atoms. The van der Waals surface area contributed by atoms with Crippen LogP contribution in [0.25, 0.3) is 0 Å². The van der Waals surface area contributed by atoms with Crippen molar-refractivity contribution in [2.24, 2.45) is 11.8 Å². The summed E-state index contributed by atoms with van der Waals surface area (Å²) in [6, 6.07) is 0. The first-order valence-corrected chi connectivity index (χ1v) is 5.13. The molecule has 3 nitrogen and oxygen atoms in total. The minimum atomic E-state index is -0.286. The second-order valence-corrected chi connectivity index (χ2v) is 4.46. The van der Waals surface area contributed by atoms with Gasteiger partial charge in [-0.1, -0.05) is 0 Å². The summed E-state index contributed by atoms with van der Waals surface area (Å²) in [5.74, 6) is 1.41. The van der Waals surface area contributed by atoms with Crippen LogP contribution in [0.4, 0.5) is 0 Å². The van der Waals surface area contributed by atoms with Crippen molar-refractivity contribution in [1.82, 2.24) is 4.90 Å². The van der Waals surface area contributed by atoms with E-state index >= 15 is 0 Å². The first-order chi connectivity index (χ1) is 6.16. The number of aliphatic hydroxyl groups is 1. The van der Waals surface area contributed by atoms with Crippen molar-refractivity contribution in [3.63, 3.8) is 0 Å². The standard InChI is InChI=1S/C10H17NO2/c1-7(12)2-3-11-6-8-4-9(5-8)10(11)13/h7-9,12H,2-6H2,1H3. The number of carbonyl (C=O) groups excluding carboxylic acids is 1. The lowest BCUT2D eigenvalue weighted by Gasteiger charge is -2.46. The Hall–Kier alpha value is -0.570. The fraction of sp³-hybridized carbons (Fsp3) is 0.900. The van der Waals surface area contributed by atoms with Crippen LogP contribution < -0.4 is 0 Å². The molecule has 1 aliphatic carbocycles. The van der Waals surface area contributed by atoms with E-state index in [-0.39, 0.29) is 6.10 Å². The van der Waals surface area contributed by atoms with Gasteiger partial charge < -0.3 is 10.0 Å². The van der Waals surface area contributed by atoms with Crippen LogP contribution in [0.3, 0.4) is 0 Å². The number of fused-ring (bicyclic) bond motifs is 2. The summed E-state index contributed by atoms with van der Waals surface area (Å²) in [4.78, 5) is 13.5. The lowest BCUT2D eigenvalue weighted by Crippen LogP contribution is -2.53. The molecule has 0 radical (unpaired) electrons. The molecule has 3 heteroatoms. The van der Waals surface area contributed by atoms with Gasteiger partial charge in [-0.25, -0.2) is 0 Å². The third-order valence-electron chi connectivity index (χ3n) is 3.19. The zero-order valence-corrected chi connectivity index (χ0v) is 8.07. The van der Waals surface area contributed by atoms with Gasteiger partial charge in [0.15, 0.2) is 0 Å². The molecule has 1 N–H and O–H groups in total. The summed E-state index contributed by atoms with van der Waals surface area (Å²) in [7, 11) is 0. The molecule has 0 aromatic rings. The topological polar surface area (TPSA) is 40.5 Å². The minimum Gasteiger partial charge on any atom is -0.393 e. The number of carbonyl (C=O) groups is 1. The number of hydrogen-bond donors (Lipinski definition) is 1. The van der Waals surface area contributed by atoms with Gasteiger partial charge in [-0.2, -0.15) is 0 Å². The van der Waals surface area contributed by atoms with Crippen molar-refractivity contribution in [3.05, 3.63) is 0 Å². The minimum absolute atomic E-state index is 0.286. The summed E-state index contributed by atoms with van der Waals surface area (Å²) in [5, 5.41) is 9.11. The van der Waals surface area contributed by atoms with Gasteiger partial charge in [-0.05, 0) is 32.1 Å². The van der Waals surface area contributed by atoms with E-state index in [1.807, 2.05) is 4.90 Å². The largest absolute Gasteiger partial charge is 0.393 e. The second-order valence-electron chi connectivity index (χ2n) is 4.46. The van der Waals surface area contributed by atoms with Crippen LogP contribution in [0.1, 0.15) is 26.2 Å². The van der Waals surface area contributed by atoms with Gasteiger partial charge in [0.25, 0.3) is 0 Å². The first kappa shape index (κ1) is 9.00. The Bertz CT molecular complexity index is 209. The molecule has 0 spiro atoms. The number of piperidine rings is 2. The molecule has 1 atom stereocenters. The van der Waals surface area contributed by atoms with Crippen molar-refractivity contribution < 1.29 is 9.90 Å². The molecule has 74 valence electrons. The Labute approximate surface area is 78.7 Å². The number of nitrogens with zero attached hydrogens (tertiary/aromatic N) is 1. The third-order valence-corrected chi connectivity index (χ3v) is 3.19. The summed E-state index contributed by atoms with van der Waals surface area (Å²) in [5.41, 5.74) is 0. The predicted octanol–water partition coefficient (Wildman–Crippen LogP) is 0.626. The fourth-order valence-corrected chi connectivity index (χ4v) is 2.29. The summed E-state index contributed by atoms with van der Waals surface area (Å²) in [6.07, 6.45) is 2.66. The maximum atomic E-state index is 11.6. The van der Waals surface area contributed by atoms with Crippen LogP contribution in [-0.4, -0.2) is 35.1 Å². The highest BCUT2D eigenvalue weighted by atomic mass is 16.3. The van der Waals surface area contributed by atoms with Crippen LogP contribution in [-0.2, 0) is 4.79 Å². The van der Waals surface area contributed by atoms with E-state index in [0.29, 0.717) is 18.2 Å². The molecule has 0 aromatic heterocycles. The van der Waals surface area contributed by atoms with E-state index in [2.05, 4.69) is 0 Å². The molecular weight excluding hydrogens is 166 g/mol. The Morgan fingerprint density at radius 1 is 1.62 bits per heavy atom. The van der Waals surface area contributed by atoms with Crippen LogP contribution >= 0.6 is 0 Å². The van der Waals surface area contributed by atoms with E-state index in [0.717, 1.165) is 31.8 Å². The number of hydrogen-bond acceptors (Lipinski definition) is 2. The van der Waals surface area contributed by atoms with Crippen LogP contribution in [0.5, 0.6) is 0 Å². The number of amides is 1. The SMILES string of the molecule is CC(O)CCN1CC2CC(C2)C1=O. The molecule has 3 rings (SSSR count). The van der Waals surface area contributed by atoms with Crippen molar-refractivity contribution in [1.29, 1.82) is 0 Å². The normalized spacial score (nSPS) is 34.3. The average molecular weight is 183 g/mol. The molecule has 2 aliphatic heterocycles. The van der Waals surface area contributed by atoms with Crippen LogP contribution in [0.2, 0.25) is 0 Å². The fourth-order valence-electron chi connectivity index (χ4n) is 2.29. The molecule has 1 amide bonds. The second kappa shape index (κ2) is 3.29. The Morgan fingerprint density at radius 2 is 2.31 bits per heavy atom. The highest BCUT2D eigenvalue weighted by molar-refractivity contribution is 5.81. The van der Waals surface area contributed by atoms with Gasteiger partial charge in [0, 0.05) is 19.0 Å². The molecule has 1 saturated carbocycles. The highest BCUT2D eigenvalue weighted by Crippen LogP contribution is 2.40. The van der Waals surface area contributed by atoms with Crippen molar-refractivity contribution >= 4 is 5.91 Å². The summed E-state index contributed by atoms with van der Waals surface area (Å²) < 4.78 is 0. The zero-order chi connectivity index (χ0) is 9.42. The maximum absolute atomic E-state index is 11.6. The Kier molecular flexibility index (Phi) is 2.28. The van der Waals surface area contributed by atoms with E-state index in [4.69, 9.17) is 5.11 Å². The molecule has 3 fully saturated rings. The first-order valence-electron chi connectivity index (χ1n) is 5.13. The smallest absolute Gasteiger partial charge is 0.225 e. The molecule has 2 bridgehead atoms. The summed E-state index contributed by atoms with van der Waals surface area (Å²) >= 11 is 0. The van der Waals surface area contributed by atoms with E-state index in [9.17, 15) is 4.79 Å². The maximum Gasteiger partial charge on any atom is 0.225 e. The van der Waals surface area contributed by atoms with Gasteiger partial charge in [0.05, 0.1) is 6.10 Å². The molecular formula is C10H17NO2. The lowest BCUT2D eigenvalue weighted by atomic mass is 9.70. The van der Waals surface area contributed by atoms with E-state index < -0.39 is 0 Å². The van der Waals surface area contributed by atoms with Gasteiger partial charge in [0.1, 0.15) is 0 Å². The van der Waals surface area contributed by atoms with Crippen molar-refractivity contribution in [3.8, 4) is 0 Å². The summed E-state index contributed by atoms with van der Waals surface area (Å²) in [6.45, 7) is 3.45. The quantitative estimate of drug-likeness (QED) is 0.697. The third kappa shape index (κ3) is 1.70. The molecule has 1 unspecified atom stereocenters. The Morgan fingerprint density at radius 3 is 2.85 bits per heavy atom. The molecule has 0 aromatic carbocycles. The molecule has 2 heterocycles. The van der Waals surface area contributed by atoms with Crippen LogP contribution in [0, 0.1) is 11.8 Å². The molecule has 3 aliphatic rings. The van der Waals surface area contributed by atoms with E-state index in [1.165, 1.54) is 0 Å². The van der Waals surface area contributed by atoms with Crippen LogP contribution in [0.15, 0.2) is 0 Å². The van der Waals surface area contributed by atoms with Gasteiger partial charge >= 0.3 is 0 Å². The van der Waals surface area contributed by atoms with Crippen molar-refractivity contribution in [2.45, 2.75) is 32.3 Å². The van der Waals surface area contributed by atoms with E-state index in [1.54, 1.807) is 6.92 Å². The Balaban J connectivity index is 1.83. The lowest BCUT2D eigenvalue weighted by molar-refractivity contribution is -0.149. The number of aliphatic hydroxyl groups excluding tert-OH is 1. The van der Waals surface area contributed by atoms with Gasteiger partial charge in [-0.15, -0.1) is 0 Å². The predicted molar refractivity (Wildman–Crippen MR) is 49.1 cm³/mol. The monoisotopic (exact) mass is 183 g/mol. The van der Waals surface area contributed by atoms with Crippen molar-refractivity contribution in [2.75, 3.05) is 13.1 Å². The number of rotatable bonds is 3. The van der Waals surface area contributed by atoms with Gasteiger partial charge in [-0.3, -0.25) is 4.79 Å². The average Bonchev–Trinajstić information content (AvgIpc) is 2.00. The highest BCUT2D eigenvalue weighted by Gasteiger charge is 2.43. The molecule has 2 saturated heterocycles. The zero-order valence-electron chi connectivity index (χ0n) is 8.07. The van der Waals surface area contributed by atoms with Gasteiger partial charge in [0.2, 0.25) is 5.91 Å².